The molecule has 0 radical (unpaired) electrons. The van der Waals surface area contributed by atoms with E-state index in [0.29, 0.717) is 0 Å². The van der Waals surface area contributed by atoms with Crippen LogP contribution in [0, 0.1) is 0 Å². The zero-order valence-corrected chi connectivity index (χ0v) is 10.4. The number of rotatable bonds is 4. The first-order chi connectivity index (χ1) is 7.79. The van der Waals surface area contributed by atoms with Gasteiger partial charge in [0.1, 0.15) is 5.75 Å². The van der Waals surface area contributed by atoms with Gasteiger partial charge in [-0.1, -0.05) is 6.07 Å². The molecule has 5 heteroatoms. The van der Waals surface area contributed by atoms with Gasteiger partial charge in [-0.05, 0) is 33.6 Å². The topological polar surface area (TPSA) is 49.9 Å². The van der Waals surface area contributed by atoms with Crippen molar-refractivity contribution in [3.05, 3.63) is 40.6 Å². The third-order valence-corrected chi connectivity index (χ3v) is 2.83. The van der Waals surface area contributed by atoms with E-state index in [2.05, 4.69) is 31.4 Å². The van der Waals surface area contributed by atoms with Crippen molar-refractivity contribution < 1.29 is 4.74 Å². The number of nitrogens with one attached hydrogen (secondary N) is 2. The number of anilines is 1. The highest BCUT2D eigenvalue weighted by atomic mass is 79.9. The summed E-state index contributed by atoms with van der Waals surface area (Å²) in [6.07, 6.45) is 3.57. The summed E-state index contributed by atoms with van der Waals surface area (Å²) in [6.45, 7) is 0.752. The third-order valence-electron chi connectivity index (χ3n) is 2.21. The third kappa shape index (κ3) is 2.55. The summed E-state index contributed by atoms with van der Waals surface area (Å²) in [6, 6.07) is 6.00. The molecule has 0 spiro atoms. The van der Waals surface area contributed by atoms with Crippen molar-refractivity contribution in [1.29, 1.82) is 0 Å². The lowest BCUT2D eigenvalue weighted by atomic mass is 10.2. The molecule has 0 aliphatic carbocycles. The number of aromatic nitrogens is 2. The Labute approximate surface area is 102 Å². The molecule has 0 unspecified atom stereocenters. The Morgan fingerprint density at radius 1 is 1.50 bits per heavy atom. The first-order valence-electron chi connectivity index (χ1n) is 4.84. The van der Waals surface area contributed by atoms with Crippen LogP contribution in [0.3, 0.4) is 0 Å². The van der Waals surface area contributed by atoms with Crippen LogP contribution in [-0.2, 0) is 6.54 Å². The van der Waals surface area contributed by atoms with Crippen LogP contribution in [0.25, 0.3) is 0 Å². The number of H-pyrrole nitrogens is 1. The fourth-order valence-corrected chi connectivity index (χ4v) is 1.96. The number of aromatic amines is 1. The van der Waals surface area contributed by atoms with Crippen LogP contribution in [0.4, 0.5) is 5.69 Å². The molecule has 0 amide bonds. The van der Waals surface area contributed by atoms with Crippen LogP contribution in [0.2, 0.25) is 0 Å². The molecule has 0 aliphatic rings. The maximum Gasteiger partial charge on any atom is 0.133 e. The lowest BCUT2D eigenvalue weighted by molar-refractivity contribution is 0.412. The Morgan fingerprint density at radius 2 is 2.38 bits per heavy atom. The van der Waals surface area contributed by atoms with Crippen molar-refractivity contribution in [2.24, 2.45) is 0 Å². The van der Waals surface area contributed by atoms with E-state index in [-0.39, 0.29) is 0 Å². The van der Waals surface area contributed by atoms with Crippen molar-refractivity contribution in [3.8, 4) is 5.75 Å². The molecule has 0 saturated heterocycles. The van der Waals surface area contributed by atoms with Crippen LogP contribution in [0.5, 0.6) is 5.75 Å². The summed E-state index contributed by atoms with van der Waals surface area (Å²) in [5.74, 6) is 0.840. The molecule has 0 bridgehead atoms. The highest BCUT2D eigenvalue weighted by Crippen LogP contribution is 2.25. The Kier molecular flexibility index (Phi) is 3.46. The van der Waals surface area contributed by atoms with Gasteiger partial charge in [0, 0.05) is 12.7 Å². The highest BCUT2D eigenvalue weighted by Gasteiger charge is 2.01. The van der Waals surface area contributed by atoms with Crippen LogP contribution >= 0.6 is 15.9 Å². The molecule has 16 heavy (non-hydrogen) atoms. The van der Waals surface area contributed by atoms with Gasteiger partial charge in [0.2, 0.25) is 0 Å². The minimum atomic E-state index is 0.752. The fraction of sp³-hybridized carbons (Fsp3) is 0.182. The molecule has 0 fully saturated rings. The summed E-state index contributed by atoms with van der Waals surface area (Å²) in [7, 11) is 1.66. The zero-order valence-electron chi connectivity index (χ0n) is 8.83. The number of ether oxygens (including phenoxy) is 1. The van der Waals surface area contributed by atoms with E-state index >= 15 is 0 Å². The number of benzene rings is 1. The number of nitrogens with zero attached hydrogens (tertiary/aromatic N) is 1. The van der Waals surface area contributed by atoms with E-state index in [1.165, 1.54) is 5.56 Å². The van der Waals surface area contributed by atoms with E-state index in [1.807, 2.05) is 24.4 Å². The van der Waals surface area contributed by atoms with Gasteiger partial charge < -0.3 is 10.1 Å². The molecule has 0 aliphatic heterocycles. The summed E-state index contributed by atoms with van der Waals surface area (Å²) < 4.78 is 6.13. The molecular formula is C11H12BrN3O. The smallest absolute Gasteiger partial charge is 0.133 e. The molecule has 2 N–H and O–H groups in total. The molecule has 1 heterocycles. The second kappa shape index (κ2) is 5.03. The number of hydrogen-bond acceptors (Lipinski definition) is 3. The second-order valence-corrected chi connectivity index (χ2v) is 4.16. The van der Waals surface area contributed by atoms with Crippen LogP contribution in [-0.4, -0.2) is 17.3 Å². The van der Waals surface area contributed by atoms with Crippen molar-refractivity contribution in [3.63, 3.8) is 0 Å². The Morgan fingerprint density at radius 3 is 3.00 bits per heavy atom. The minimum Gasteiger partial charge on any atom is -0.496 e. The van der Waals surface area contributed by atoms with Crippen LogP contribution in [0.1, 0.15) is 5.56 Å². The van der Waals surface area contributed by atoms with E-state index in [4.69, 9.17) is 4.74 Å². The normalized spacial score (nSPS) is 10.1. The van der Waals surface area contributed by atoms with Crippen molar-refractivity contribution in [1.82, 2.24) is 10.2 Å². The van der Waals surface area contributed by atoms with Crippen LogP contribution < -0.4 is 10.1 Å². The van der Waals surface area contributed by atoms with Crippen molar-refractivity contribution in [2.45, 2.75) is 6.54 Å². The first kappa shape index (κ1) is 11.0. The number of methoxy groups -OCH3 is 1. The molecule has 4 nitrogen and oxygen atoms in total. The lowest BCUT2D eigenvalue weighted by Gasteiger charge is -2.07. The quantitative estimate of drug-likeness (QED) is 0.906. The molecule has 1 aromatic heterocycles. The van der Waals surface area contributed by atoms with E-state index < -0.39 is 0 Å². The Hall–Kier alpha value is -1.49. The van der Waals surface area contributed by atoms with Crippen molar-refractivity contribution in [2.75, 3.05) is 12.4 Å². The van der Waals surface area contributed by atoms with Gasteiger partial charge in [0.05, 0.1) is 23.5 Å². The summed E-state index contributed by atoms with van der Waals surface area (Å²) >= 11 is 3.45. The predicted octanol–water partition coefficient (Wildman–Crippen LogP) is 2.79. The first-order valence-corrected chi connectivity index (χ1v) is 5.64. The maximum absolute atomic E-state index is 5.17. The minimum absolute atomic E-state index is 0.752. The Bertz CT molecular complexity index is 456. The van der Waals surface area contributed by atoms with E-state index in [9.17, 15) is 0 Å². The molecule has 84 valence electrons. The fourth-order valence-electron chi connectivity index (χ4n) is 1.37. The number of halogens is 1. The summed E-state index contributed by atoms with van der Waals surface area (Å²) in [5, 5.41) is 9.87. The SMILES string of the molecule is COc1ccc(CNc2cn[nH]c2)cc1Br. The van der Waals surface area contributed by atoms with Crippen LogP contribution in [0.15, 0.2) is 35.1 Å². The monoisotopic (exact) mass is 281 g/mol. The molecule has 0 saturated carbocycles. The van der Waals surface area contributed by atoms with E-state index in [0.717, 1.165) is 22.5 Å². The molecule has 0 atom stereocenters. The summed E-state index contributed by atoms with van der Waals surface area (Å²) in [4.78, 5) is 0. The molecule has 1 aromatic carbocycles. The average Bonchev–Trinajstić information content (AvgIpc) is 2.79. The highest BCUT2D eigenvalue weighted by molar-refractivity contribution is 9.10. The predicted molar refractivity (Wildman–Crippen MR) is 66.6 cm³/mol. The standard InChI is InChI=1S/C11H12BrN3O/c1-16-11-3-2-8(4-10(11)12)5-13-9-6-14-15-7-9/h2-4,6-7,13H,5H2,1H3,(H,14,15). The Balaban J connectivity index is 2.02. The van der Waals surface area contributed by atoms with Gasteiger partial charge >= 0.3 is 0 Å². The number of hydrogen-bond donors (Lipinski definition) is 2. The van der Waals surface area contributed by atoms with Gasteiger partial charge in [0.25, 0.3) is 0 Å². The van der Waals surface area contributed by atoms with Crippen molar-refractivity contribution >= 4 is 21.6 Å². The second-order valence-electron chi connectivity index (χ2n) is 3.31. The van der Waals surface area contributed by atoms with Gasteiger partial charge in [-0.2, -0.15) is 5.10 Å². The lowest BCUT2D eigenvalue weighted by Crippen LogP contribution is -1.98. The molecular weight excluding hydrogens is 270 g/mol. The van der Waals surface area contributed by atoms with Gasteiger partial charge in [-0.15, -0.1) is 0 Å². The zero-order chi connectivity index (χ0) is 11.4. The summed E-state index contributed by atoms with van der Waals surface area (Å²) in [5.41, 5.74) is 2.15. The largest absolute Gasteiger partial charge is 0.496 e. The van der Waals surface area contributed by atoms with E-state index in [1.54, 1.807) is 13.3 Å². The van der Waals surface area contributed by atoms with Gasteiger partial charge in [0.15, 0.2) is 0 Å². The van der Waals surface area contributed by atoms with Gasteiger partial charge in [-0.3, -0.25) is 5.10 Å². The molecule has 2 aromatic rings. The van der Waals surface area contributed by atoms with Gasteiger partial charge in [-0.25, -0.2) is 0 Å². The average molecular weight is 282 g/mol. The molecule has 2 rings (SSSR count). The maximum atomic E-state index is 5.17.